The van der Waals surface area contributed by atoms with E-state index in [-0.39, 0.29) is 11.9 Å². The first-order chi connectivity index (χ1) is 19.5. The molecule has 5 heterocycles. The summed E-state index contributed by atoms with van der Waals surface area (Å²) < 4.78 is 17.5. The predicted octanol–water partition coefficient (Wildman–Crippen LogP) is 3.33. The van der Waals surface area contributed by atoms with Crippen LogP contribution in [0, 0.1) is 6.92 Å². The normalized spacial score (nSPS) is 21.7. The van der Waals surface area contributed by atoms with E-state index in [1.165, 1.54) is 11.3 Å². The van der Waals surface area contributed by atoms with Crippen LogP contribution in [0.1, 0.15) is 53.8 Å². The van der Waals surface area contributed by atoms with E-state index in [1.54, 1.807) is 0 Å². The third kappa shape index (κ3) is 5.55. The van der Waals surface area contributed by atoms with E-state index in [4.69, 9.17) is 24.9 Å². The van der Waals surface area contributed by atoms with Gasteiger partial charge in [0.2, 0.25) is 5.79 Å². The molecule has 0 radical (unpaired) electrons. The molecule has 1 aliphatic carbocycles. The second-order valence-corrected chi connectivity index (χ2v) is 12.9. The second kappa shape index (κ2) is 10.4. The van der Waals surface area contributed by atoms with Crippen LogP contribution in [0.15, 0.2) is 24.3 Å². The third-order valence-electron chi connectivity index (χ3n) is 7.66. The number of nitrogens with one attached hydrogen (secondary N) is 2. The van der Waals surface area contributed by atoms with Gasteiger partial charge in [-0.05, 0) is 70.7 Å². The molecule has 6 rings (SSSR count). The fourth-order valence-corrected chi connectivity index (χ4v) is 6.79. The highest BCUT2D eigenvalue weighted by Gasteiger charge is 2.53. The van der Waals surface area contributed by atoms with Gasteiger partial charge >= 0.3 is 6.09 Å². The molecular weight excluding hydrogens is 544 g/mol. The minimum Gasteiger partial charge on any atom is -0.444 e. The molecule has 2 amide bonds. The van der Waals surface area contributed by atoms with Crippen LogP contribution in [-0.4, -0.2) is 71.7 Å². The largest absolute Gasteiger partial charge is 0.444 e. The number of fused-ring (bicyclic) bond motifs is 2. The predicted molar refractivity (Wildman–Crippen MR) is 156 cm³/mol. The Hall–Kier alpha value is -3.48. The SMILES string of the molecule is Cc1ccc2c(N)c(C(=O)N[C@H]3CCc4nc(N5C[C@@H](NC(=O)OC(C)(C)C)C6(C5)OCCO6)ccc4C3)sc2n1. The van der Waals surface area contributed by atoms with Crippen molar-refractivity contribution in [2.45, 2.75) is 70.4 Å². The highest BCUT2D eigenvalue weighted by atomic mass is 32.1. The van der Waals surface area contributed by atoms with Crippen LogP contribution >= 0.6 is 11.3 Å². The van der Waals surface area contributed by atoms with Gasteiger partial charge in [0.05, 0.1) is 25.4 Å². The van der Waals surface area contributed by atoms with Crippen molar-refractivity contribution in [1.29, 1.82) is 0 Å². The lowest BCUT2D eigenvalue weighted by atomic mass is 9.91. The summed E-state index contributed by atoms with van der Waals surface area (Å²) in [4.78, 5) is 38.6. The Labute approximate surface area is 242 Å². The number of pyridine rings is 2. The fraction of sp³-hybridized carbons (Fsp3) is 0.517. The van der Waals surface area contributed by atoms with Crippen LogP contribution in [0.25, 0.3) is 10.2 Å². The number of rotatable bonds is 4. The number of nitrogens with two attached hydrogens (primary N) is 1. The molecule has 11 nitrogen and oxygen atoms in total. The summed E-state index contributed by atoms with van der Waals surface area (Å²) in [7, 11) is 0. The van der Waals surface area contributed by atoms with Crippen LogP contribution in [0.5, 0.6) is 0 Å². The number of hydrogen-bond acceptors (Lipinski definition) is 10. The second-order valence-electron chi connectivity index (χ2n) is 11.9. The smallest absolute Gasteiger partial charge is 0.408 e. The summed E-state index contributed by atoms with van der Waals surface area (Å²) >= 11 is 1.33. The lowest BCUT2D eigenvalue weighted by Crippen LogP contribution is -2.53. The maximum Gasteiger partial charge on any atom is 0.408 e. The number of alkyl carbamates (subject to hydrolysis) is 1. The number of thiophene rings is 1. The molecule has 3 aromatic rings. The van der Waals surface area contributed by atoms with E-state index >= 15 is 0 Å². The Morgan fingerprint density at radius 3 is 2.68 bits per heavy atom. The Kier molecular flexibility index (Phi) is 7.03. The molecule has 2 aliphatic heterocycles. The van der Waals surface area contributed by atoms with E-state index in [9.17, 15) is 9.59 Å². The van der Waals surface area contributed by atoms with Gasteiger partial charge in [0, 0.05) is 29.4 Å². The monoisotopic (exact) mass is 580 g/mol. The highest BCUT2D eigenvalue weighted by molar-refractivity contribution is 7.21. The Balaban J connectivity index is 1.13. The minimum atomic E-state index is -0.938. The zero-order valence-corrected chi connectivity index (χ0v) is 24.6. The van der Waals surface area contributed by atoms with E-state index in [2.05, 4.69) is 26.6 Å². The molecular formula is C29H36N6O5S. The number of carbonyl (C=O) groups is 2. The van der Waals surface area contributed by atoms with Gasteiger partial charge in [-0.3, -0.25) is 4.79 Å². The quantitative estimate of drug-likeness (QED) is 0.424. The number of aromatic nitrogens is 2. The average molecular weight is 581 g/mol. The van der Waals surface area contributed by atoms with Crippen molar-refractivity contribution in [3.05, 3.63) is 46.1 Å². The molecule has 12 heteroatoms. The molecule has 0 aromatic carbocycles. The van der Waals surface area contributed by atoms with E-state index in [1.807, 2.05) is 45.9 Å². The van der Waals surface area contributed by atoms with Gasteiger partial charge in [-0.15, -0.1) is 11.3 Å². The number of amides is 2. The number of carbonyl (C=O) groups excluding carboxylic acids is 2. The van der Waals surface area contributed by atoms with Crippen LogP contribution < -0.4 is 21.3 Å². The fourth-order valence-electron chi connectivity index (χ4n) is 5.75. The number of nitrogens with zero attached hydrogens (tertiary/aromatic N) is 3. The van der Waals surface area contributed by atoms with Gasteiger partial charge in [0.1, 0.15) is 27.2 Å². The summed E-state index contributed by atoms with van der Waals surface area (Å²) in [5, 5.41) is 6.94. The molecule has 41 heavy (non-hydrogen) atoms. The van der Waals surface area contributed by atoms with Gasteiger partial charge in [0.25, 0.3) is 5.91 Å². The third-order valence-corrected chi connectivity index (χ3v) is 8.77. The zero-order valence-electron chi connectivity index (χ0n) is 23.8. The Morgan fingerprint density at radius 2 is 1.93 bits per heavy atom. The molecule has 3 aliphatic rings. The number of aryl methyl sites for hydroxylation is 2. The molecule has 0 bridgehead atoms. The van der Waals surface area contributed by atoms with E-state index < -0.39 is 23.5 Å². The van der Waals surface area contributed by atoms with Crippen LogP contribution in [0.3, 0.4) is 0 Å². The summed E-state index contributed by atoms with van der Waals surface area (Å²) in [6.07, 6.45) is 1.70. The number of anilines is 2. The van der Waals surface area contributed by atoms with Gasteiger partial charge in [-0.25, -0.2) is 14.8 Å². The summed E-state index contributed by atoms with van der Waals surface area (Å²) in [5.41, 5.74) is 9.19. The average Bonchev–Trinajstić information content (AvgIpc) is 3.61. The standard InChI is InChI=1S/C29H36N6O5S/c1-16-5-8-19-23(30)24(41-26(19)31-16)25(36)32-18-7-9-20-17(13-18)6-10-22(33-20)35-14-21(29(15-35)38-11-12-39-29)34-27(37)40-28(2,3)4/h5-6,8,10,18,21H,7,9,11-15,30H2,1-4H3,(H,32,36)(H,34,37)/t18-,21+/m0/s1. The molecule has 2 fully saturated rings. The van der Waals surface area contributed by atoms with Crippen molar-refractivity contribution >= 4 is 45.1 Å². The molecule has 2 atom stereocenters. The van der Waals surface area contributed by atoms with Crippen molar-refractivity contribution in [3.8, 4) is 0 Å². The highest BCUT2D eigenvalue weighted by Crippen LogP contribution is 2.35. The Bertz CT molecular complexity index is 1490. The zero-order chi connectivity index (χ0) is 28.9. The number of ether oxygens (including phenoxy) is 3. The molecule has 4 N–H and O–H groups in total. The van der Waals surface area contributed by atoms with Crippen molar-refractivity contribution in [2.24, 2.45) is 0 Å². The first-order valence-corrected chi connectivity index (χ1v) is 14.8. The van der Waals surface area contributed by atoms with Gasteiger partial charge in [-0.2, -0.15) is 0 Å². The lowest BCUT2D eigenvalue weighted by molar-refractivity contribution is -0.153. The molecule has 3 aromatic heterocycles. The summed E-state index contributed by atoms with van der Waals surface area (Å²) in [6.45, 7) is 9.27. The van der Waals surface area contributed by atoms with Gasteiger partial charge in [-0.1, -0.05) is 6.07 Å². The van der Waals surface area contributed by atoms with Gasteiger partial charge in [0.15, 0.2) is 0 Å². The maximum absolute atomic E-state index is 13.1. The lowest BCUT2D eigenvalue weighted by Gasteiger charge is -2.29. The molecule has 2 saturated heterocycles. The summed E-state index contributed by atoms with van der Waals surface area (Å²) in [5.74, 6) is -0.297. The minimum absolute atomic E-state index is 0.0142. The van der Waals surface area contributed by atoms with Crippen molar-refractivity contribution in [1.82, 2.24) is 20.6 Å². The first-order valence-electron chi connectivity index (χ1n) is 14.0. The topological polar surface area (TPSA) is 141 Å². The van der Waals surface area contributed by atoms with Crippen molar-refractivity contribution in [2.75, 3.05) is 36.9 Å². The number of hydrogen-bond donors (Lipinski definition) is 3. The van der Waals surface area contributed by atoms with Crippen molar-refractivity contribution in [3.63, 3.8) is 0 Å². The maximum atomic E-state index is 13.1. The molecule has 0 saturated carbocycles. The summed E-state index contributed by atoms with van der Waals surface area (Å²) in [6, 6.07) is 7.47. The number of nitrogen functional groups attached to an aromatic ring is 1. The molecule has 0 unspecified atom stereocenters. The Morgan fingerprint density at radius 1 is 1.15 bits per heavy atom. The van der Waals surface area contributed by atoms with Crippen molar-refractivity contribution < 1.29 is 23.8 Å². The van der Waals surface area contributed by atoms with E-state index in [0.717, 1.165) is 45.8 Å². The van der Waals surface area contributed by atoms with Crippen LogP contribution in [0.4, 0.5) is 16.3 Å². The molecule has 218 valence electrons. The van der Waals surface area contributed by atoms with Crippen LogP contribution in [0.2, 0.25) is 0 Å². The molecule has 1 spiro atoms. The first kappa shape index (κ1) is 27.7. The van der Waals surface area contributed by atoms with Crippen LogP contribution in [-0.2, 0) is 27.1 Å². The van der Waals surface area contributed by atoms with E-state index in [0.29, 0.717) is 43.3 Å². The van der Waals surface area contributed by atoms with Gasteiger partial charge < -0.3 is 35.5 Å².